The number of hydrogen-bond donors (Lipinski definition) is 0. The molecule has 1 unspecified atom stereocenters. The van der Waals surface area contributed by atoms with Crippen molar-refractivity contribution in [3.05, 3.63) is 48.0 Å². The lowest BCUT2D eigenvalue weighted by atomic mass is 10.1. The van der Waals surface area contributed by atoms with Crippen LogP contribution in [-0.4, -0.2) is 51.0 Å². The summed E-state index contributed by atoms with van der Waals surface area (Å²) in [6, 6.07) is 13.8. The molecule has 1 saturated heterocycles. The van der Waals surface area contributed by atoms with Gasteiger partial charge in [-0.1, -0.05) is 18.2 Å². The van der Waals surface area contributed by atoms with Crippen molar-refractivity contribution in [2.75, 3.05) is 40.2 Å². The summed E-state index contributed by atoms with van der Waals surface area (Å²) in [7, 11) is 4.66. The second-order valence-electron chi connectivity index (χ2n) is 6.44. The van der Waals surface area contributed by atoms with E-state index in [4.69, 9.17) is 14.2 Å². The molecule has 1 heterocycles. The molecule has 144 valence electrons. The van der Waals surface area contributed by atoms with E-state index in [1.807, 2.05) is 22.7 Å². The van der Waals surface area contributed by atoms with Crippen LogP contribution in [0.25, 0.3) is 0 Å². The minimum absolute atomic E-state index is 0.00136. The summed E-state index contributed by atoms with van der Waals surface area (Å²) < 4.78 is 16.1. The molecule has 0 bridgehead atoms. The fourth-order valence-corrected chi connectivity index (χ4v) is 4.32. The van der Waals surface area contributed by atoms with Gasteiger partial charge in [0.2, 0.25) is 5.75 Å². The van der Waals surface area contributed by atoms with Gasteiger partial charge in [-0.3, -0.25) is 4.79 Å². The highest BCUT2D eigenvalue weighted by molar-refractivity contribution is 7.99. The van der Waals surface area contributed by atoms with Gasteiger partial charge in [-0.2, -0.15) is 0 Å². The van der Waals surface area contributed by atoms with E-state index in [1.54, 1.807) is 33.5 Å². The molecule has 1 aliphatic heterocycles. The monoisotopic (exact) mass is 387 g/mol. The van der Waals surface area contributed by atoms with Gasteiger partial charge in [-0.15, -0.1) is 11.8 Å². The van der Waals surface area contributed by atoms with Crippen molar-refractivity contribution in [1.82, 2.24) is 4.90 Å². The average Bonchev–Trinajstić information content (AvgIpc) is 3.20. The molecule has 0 aromatic heterocycles. The van der Waals surface area contributed by atoms with Gasteiger partial charge in [0.25, 0.3) is 5.91 Å². The van der Waals surface area contributed by atoms with Crippen molar-refractivity contribution in [3.63, 3.8) is 0 Å². The Hall–Kier alpha value is -2.34. The van der Waals surface area contributed by atoms with Crippen LogP contribution >= 0.6 is 11.8 Å². The van der Waals surface area contributed by atoms with Gasteiger partial charge in [0.05, 0.1) is 21.3 Å². The molecule has 27 heavy (non-hydrogen) atoms. The summed E-state index contributed by atoms with van der Waals surface area (Å²) in [5.41, 5.74) is 0.556. The molecule has 0 aliphatic carbocycles. The highest BCUT2D eigenvalue weighted by Gasteiger charge is 2.28. The average molecular weight is 388 g/mol. The molecule has 1 aliphatic rings. The number of hydrogen-bond acceptors (Lipinski definition) is 5. The number of carbonyl (C=O) groups excluding carboxylic acids is 1. The molecule has 1 atom stereocenters. The van der Waals surface area contributed by atoms with E-state index in [9.17, 15) is 4.79 Å². The van der Waals surface area contributed by atoms with Gasteiger partial charge < -0.3 is 19.1 Å². The predicted octanol–water partition coefficient (Wildman–Crippen LogP) is 3.97. The third kappa shape index (κ3) is 4.50. The Morgan fingerprint density at radius 2 is 1.74 bits per heavy atom. The Morgan fingerprint density at radius 3 is 2.33 bits per heavy atom. The van der Waals surface area contributed by atoms with Crippen molar-refractivity contribution in [3.8, 4) is 17.2 Å². The van der Waals surface area contributed by atoms with Crippen LogP contribution in [0.15, 0.2) is 47.4 Å². The molecule has 0 saturated carbocycles. The lowest BCUT2D eigenvalue weighted by molar-refractivity contribution is 0.0787. The number of likely N-dealkylation sites (tertiary alicyclic amines) is 1. The summed E-state index contributed by atoms with van der Waals surface area (Å²) in [6.07, 6.45) is 1.02. The maximum Gasteiger partial charge on any atom is 0.254 e. The Balaban J connectivity index is 1.66. The van der Waals surface area contributed by atoms with Crippen molar-refractivity contribution in [2.24, 2.45) is 5.92 Å². The number of thioether (sulfide) groups is 1. The van der Waals surface area contributed by atoms with Crippen molar-refractivity contribution < 1.29 is 19.0 Å². The van der Waals surface area contributed by atoms with E-state index in [1.165, 1.54) is 4.90 Å². The van der Waals surface area contributed by atoms with Crippen LogP contribution in [0.3, 0.4) is 0 Å². The third-order valence-electron chi connectivity index (χ3n) is 4.71. The molecule has 3 rings (SSSR count). The number of amides is 1. The molecule has 5 nitrogen and oxygen atoms in total. The first kappa shape index (κ1) is 19.4. The first-order valence-corrected chi connectivity index (χ1v) is 9.92. The third-order valence-corrected chi connectivity index (χ3v) is 5.96. The first-order valence-electron chi connectivity index (χ1n) is 8.93. The van der Waals surface area contributed by atoms with E-state index in [2.05, 4.69) is 24.3 Å². The fraction of sp³-hybridized carbons (Fsp3) is 0.381. The van der Waals surface area contributed by atoms with E-state index >= 15 is 0 Å². The smallest absolute Gasteiger partial charge is 0.254 e. The Bertz CT molecular complexity index is 756. The van der Waals surface area contributed by atoms with Crippen molar-refractivity contribution >= 4 is 17.7 Å². The minimum Gasteiger partial charge on any atom is -0.493 e. The van der Waals surface area contributed by atoms with Crippen LogP contribution in [0, 0.1) is 5.92 Å². The number of rotatable bonds is 7. The highest BCUT2D eigenvalue weighted by Crippen LogP contribution is 2.39. The van der Waals surface area contributed by atoms with E-state index in [-0.39, 0.29) is 5.91 Å². The van der Waals surface area contributed by atoms with Gasteiger partial charge >= 0.3 is 0 Å². The van der Waals surface area contributed by atoms with E-state index in [0.717, 1.165) is 25.3 Å². The molecule has 2 aromatic rings. The molecule has 0 radical (unpaired) electrons. The highest BCUT2D eigenvalue weighted by atomic mass is 32.2. The molecule has 1 fully saturated rings. The molecule has 6 heteroatoms. The second kappa shape index (κ2) is 9.04. The molecule has 0 N–H and O–H groups in total. The van der Waals surface area contributed by atoms with Crippen molar-refractivity contribution in [2.45, 2.75) is 11.3 Å². The number of ether oxygens (including phenoxy) is 3. The Kier molecular flexibility index (Phi) is 6.50. The number of nitrogens with zero attached hydrogens (tertiary/aromatic N) is 1. The van der Waals surface area contributed by atoms with Gasteiger partial charge in [-0.25, -0.2) is 0 Å². The molecule has 0 spiro atoms. The van der Waals surface area contributed by atoms with Gasteiger partial charge in [0.15, 0.2) is 11.5 Å². The van der Waals surface area contributed by atoms with Gasteiger partial charge in [0, 0.05) is 29.3 Å². The zero-order valence-electron chi connectivity index (χ0n) is 15.9. The molecular weight excluding hydrogens is 362 g/mol. The van der Waals surface area contributed by atoms with Crippen LogP contribution in [0.2, 0.25) is 0 Å². The van der Waals surface area contributed by atoms with Crippen LogP contribution in [0.4, 0.5) is 0 Å². The minimum atomic E-state index is 0.00136. The second-order valence-corrected chi connectivity index (χ2v) is 7.54. The molecule has 2 aromatic carbocycles. The summed E-state index contributed by atoms with van der Waals surface area (Å²) in [6.45, 7) is 1.55. The van der Waals surface area contributed by atoms with E-state index in [0.29, 0.717) is 28.7 Å². The Morgan fingerprint density at radius 1 is 1.07 bits per heavy atom. The molecule has 1 amide bonds. The first-order chi connectivity index (χ1) is 13.2. The quantitative estimate of drug-likeness (QED) is 0.673. The normalized spacial score (nSPS) is 16.3. The standard InChI is InChI=1S/C21H25NO4S/c1-24-18-11-16(12-19(25-2)20(18)26-3)21(23)22-10-9-15(13-22)14-27-17-7-5-4-6-8-17/h4-8,11-12,15H,9-10,13-14H2,1-3H3. The topological polar surface area (TPSA) is 48.0 Å². The maximum atomic E-state index is 13.0. The fourth-order valence-electron chi connectivity index (χ4n) is 3.27. The van der Waals surface area contributed by atoms with Gasteiger partial charge in [-0.05, 0) is 36.6 Å². The number of methoxy groups -OCH3 is 3. The van der Waals surface area contributed by atoms with Crippen LogP contribution in [0.5, 0.6) is 17.2 Å². The summed E-state index contributed by atoms with van der Waals surface area (Å²) >= 11 is 1.85. The largest absolute Gasteiger partial charge is 0.493 e. The zero-order chi connectivity index (χ0) is 19.2. The number of carbonyl (C=O) groups is 1. The van der Waals surface area contributed by atoms with Crippen LogP contribution in [0.1, 0.15) is 16.8 Å². The van der Waals surface area contributed by atoms with Gasteiger partial charge in [0.1, 0.15) is 0 Å². The lowest BCUT2D eigenvalue weighted by Crippen LogP contribution is -2.29. The Labute approximate surface area is 164 Å². The summed E-state index contributed by atoms with van der Waals surface area (Å²) in [4.78, 5) is 16.2. The maximum absolute atomic E-state index is 13.0. The SMILES string of the molecule is COc1cc(C(=O)N2CCC(CSc3ccccc3)C2)cc(OC)c1OC. The van der Waals surface area contributed by atoms with Crippen molar-refractivity contribution in [1.29, 1.82) is 0 Å². The zero-order valence-corrected chi connectivity index (χ0v) is 16.8. The predicted molar refractivity (Wildman–Crippen MR) is 107 cm³/mol. The van der Waals surface area contributed by atoms with Crippen LogP contribution < -0.4 is 14.2 Å². The van der Waals surface area contributed by atoms with Crippen LogP contribution in [-0.2, 0) is 0 Å². The summed E-state index contributed by atoms with van der Waals surface area (Å²) in [5.74, 6) is 3.01. The number of benzene rings is 2. The summed E-state index contributed by atoms with van der Waals surface area (Å²) in [5, 5.41) is 0. The van der Waals surface area contributed by atoms with E-state index < -0.39 is 0 Å². The lowest BCUT2D eigenvalue weighted by Gasteiger charge is -2.19. The molecular formula is C21H25NO4S.